The third-order valence-electron chi connectivity index (χ3n) is 5.02. The van der Waals surface area contributed by atoms with Crippen LogP contribution in [0.25, 0.3) is 5.69 Å². The van der Waals surface area contributed by atoms with E-state index in [4.69, 9.17) is 11.6 Å². The summed E-state index contributed by atoms with van der Waals surface area (Å²) in [7, 11) is 1.96. The number of carbonyl (C=O) groups excluding carboxylic acids is 1. The number of benzene rings is 1. The molecule has 1 aliphatic rings. The predicted molar refractivity (Wildman–Crippen MR) is 108 cm³/mol. The highest BCUT2D eigenvalue weighted by atomic mass is 35.5. The van der Waals surface area contributed by atoms with Gasteiger partial charge in [0.1, 0.15) is 0 Å². The van der Waals surface area contributed by atoms with E-state index in [1.54, 1.807) is 0 Å². The molecule has 142 valence electrons. The summed E-state index contributed by atoms with van der Waals surface area (Å²) in [5.41, 5.74) is 3.89. The van der Waals surface area contributed by atoms with Crippen LogP contribution in [0, 0.1) is 13.8 Å². The van der Waals surface area contributed by atoms with E-state index in [0.29, 0.717) is 17.5 Å². The largest absolute Gasteiger partial charge is 0.341 e. The minimum Gasteiger partial charge on any atom is -0.341 e. The Bertz CT molecular complexity index is 758. The van der Waals surface area contributed by atoms with E-state index in [0.717, 1.165) is 48.6 Å². The molecule has 0 radical (unpaired) electrons. The lowest BCUT2D eigenvalue weighted by molar-refractivity contribution is -0.131. The van der Waals surface area contributed by atoms with Crippen molar-refractivity contribution in [2.24, 2.45) is 0 Å². The lowest BCUT2D eigenvalue weighted by Crippen LogP contribution is -2.47. The predicted octanol–water partition coefficient (Wildman–Crippen LogP) is 3.32. The molecule has 7 heteroatoms. The van der Waals surface area contributed by atoms with Gasteiger partial charge in [-0.3, -0.25) is 4.79 Å². The van der Waals surface area contributed by atoms with E-state index in [9.17, 15) is 4.79 Å². The molecule has 1 unspecified atom stereocenters. The molecule has 3 rings (SSSR count). The molecule has 2 heterocycles. The Balaban J connectivity index is 0.00000243. The summed E-state index contributed by atoms with van der Waals surface area (Å²) in [6.07, 6.45) is 2.59. The van der Waals surface area contributed by atoms with Gasteiger partial charge in [-0.05, 0) is 58.0 Å². The molecule has 0 aliphatic carbocycles. The molecule has 0 spiro atoms. The number of hydrogen-bond acceptors (Lipinski definition) is 3. The molecule has 1 aromatic heterocycles. The Morgan fingerprint density at radius 3 is 2.65 bits per heavy atom. The molecular formula is C19H26Cl2N4O. The number of aromatic nitrogens is 2. The van der Waals surface area contributed by atoms with Gasteiger partial charge in [0, 0.05) is 35.4 Å². The summed E-state index contributed by atoms with van der Waals surface area (Å²) in [6.45, 7) is 5.62. The first-order valence-electron chi connectivity index (χ1n) is 8.75. The first-order valence-corrected chi connectivity index (χ1v) is 9.13. The fraction of sp³-hybridized carbons (Fsp3) is 0.474. The second-order valence-electron chi connectivity index (χ2n) is 6.68. The van der Waals surface area contributed by atoms with Gasteiger partial charge in [-0.25, -0.2) is 4.68 Å². The van der Waals surface area contributed by atoms with Crippen molar-refractivity contribution in [1.82, 2.24) is 20.0 Å². The smallest absolute Gasteiger partial charge is 0.227 e. The Morgan fingerprint density at radius 2 is 2.00 bits per heavy atom. The zero-order chi connectivity index (χ0) is 18.0. The molecule has 1 saturated heterocycles. The Hall–Kier alpha value is -1.56. The second kappa shape index (κ2) is 8.89. The van der Waals surface area contributed by atoms with Gasteiger partial charge in [0.05, 0.1) is 17.8 Å². The summed E-state index contributed by atoms with van der Waals surface area (Å²) in [5, 5.41) is 8.61. The van der Waals surface area contributed by atoms with Crippen molar-refractivity contribution in [2.45, 2.75) is 39.2 Å². The number of amides is 1. The van der Waals surface area contributed by atoms with Crippen LogP contribution in [-0.4, -0.2) is 46.8 Å². The monoisotopic (exact) mass is 396 g/mol. The van der Waals surface area contributed by atoms with Gasteiger partial charge < -0.3 is 10.2 Å². The highest BCUT2D eigenvalue weighted by Crippen LogP contribution is 2.21. The molecule has 1 atom stereocenters. The third-order valence-corrected chi connectivity index (χ3v) is 5.27. The lowest BCUT2D eigenvalue weighted by Gasteiger charge is -2.32. The third kappa shape index (κ3) is 4.40. The van der Waals surface area contributed by atoms with Crippen LogP contribution in [0.5, 0.6) is 0 Å². The maximum absolute atomic E-state index is 12.8. The number of nitrogens with one attached hydrogen (secondary N) is 1. The number of aryl methyl sites for hydroxylation is 1. The van der Waals surface area contributed by atoms with Gasteiger partial charge in [0.15, 0.2) is 0 Å². The molecular weight excluding hydrogens is 371 g/mol. The molecule has 1 aliphatic heterocycles. The molecule has 2 aromatic rings. The van der Waals surface area contributed by atoms with E-state index >= 15 is 0 Å². The van der Waals surface area contributed by atoms with E-state index in [1.165, 1.54) is 0 Å². The van der Waals surface area contributed by atoms with Crippen LogP contribution in [0.15, 0.2) is 24.3 Å². The van der Waals surface area contributed by atoms with Crippen LogP contribution in [0.3, 0.4) is 0 Å². The average Bonchev–Trinajstić information content (AvgIpc) is 2.90. The number of halogens is 2. The van der Waals surface area contributed by atoms with Crippen LogP contribution in [0.1, 0.15) is 29.8 Å². The maximum Gasteiger partial charge on any atom is 0.227 e. The van der Waals surface area contributed by atoms with Crippen LogP contribution in [0.4, 0.5) is 0 Å². The molecule has 5 nitrogen and oxygen atoms in total. The van der Waals surface area contributed by atoms with Gasteiger partial charge in [-0.1, -0.05) is 11.6 Å². The molecule has 0 saturated carbocycles. The van der Waals surface area contributed by atoms with Crippen molar-refractivity contribution in [2.75, 3.05) is 20.1 Å². The summed E-state index contributed by atoms with van der Waals surface area (Å²) >= 11 is 5.97. The van der Waals surface area contributed by atoms with Crippen molar-refractivity contribution in [3.63, 3.8) is 0 Å². The van der Waals surface area contributed by atoms with Crippen molar-refractivity contribution in [1.29, 1.82) is 0 Å². The number of nitrogens with zero attached hydrogens (tertiary/aromatic N) is 3. The number of likely N-dealkylation sites (N-methyl/N-ethyl adjacent to an activating group) is 1. The minimum absolute atomic E-state index is 0. The fourth-order valence-corrected chi connectivity index (χ4v) is 3.59. The summed E-state index contributed by atoms with van der Waals surface area (Å²) in [6, 6.07) is 7.98. The number of carbonyl (C=O) groups is 1. The van der Waals surface area contributed by atoms with Gasteiger partial charge in [0.2, 0.25) is 5.91 Å². The van der Waals surface area contributed by atoms with Crippen LogP contribution in [0.2, 0.25) is 5.02 Å². The molecule has 26 heavy (non-hydrogen) atoms. The number of hydrogen-bond donors (Lipinski definition) is 1. The Labute approximate surface area is 166 Å². The quantitative estimate of drug-likeness (QED) is 0.861. The van der Waals surface area contributed by atoms with Gasteiger partial charge in [-0.2, -0.15) is 5.10 Å². The topological polar surface area (TPSA) is 50.2 Å². The zero-order valence-electron chi connectivity index (χ0n) is 15.5. The van der Waals surface area contributed by atoms with Crippen molar-refractivity contribution >= 4 is 29.9 Å². The van der Waals surface area contributed by atoms with Gasteiger partial charge >= 0.3 is 0 Å². The van der Waals surface area contributed by atoms with Gasteiger partial charge in [-0.15, -0.1) is 12.4 Å². The van der Waals surface area contributed by atoms with Crippen molar-refractivity contribution in [3.05, 3.63) is 46.2 Å². The van der Waals surface area contributed by atoms with Crippen molar-refractivity contribution < 1.29 is 4.79 Å². The van der Waals surface area contributed by atoms with Gasteiger partial charge in [0.25, 0.3) is 0 Å². The molecule has 1 fully saturated rings. The first kappa shape index (κ1) is 20.7. The molecule has 0 bridgehead atoms. The van der Waals surface area contributed by atoms with Crippen LogP contribution in [-0.2, 0) is 11.2 Å². The summed E-state index contributed by atoms with van der Waals surface area (Å²) in [4.78, 5) is 14.7. The number of rotatable bonds is 4. The van der Waals surface area contributed by atoms with Crippen LogP contribution < -0.4 is 5.32 Å². The molecule has 1 amide bonds. The maximum atomic E-state index is 12.8. The lowest BCUT2D eigenvalue weighted by atomic mass is 10.0. The summed E-state index contributed by atoms with van der Waals surface area (Å²) < 4.78 is 1.89. The van der Waals surface area contributed by atoms with E-state index in [-0.39, 0.29) is 18.3 Å². The first-order chi connectivity index (χ1) is 12.0. The minimum atomic E-state index is 0. The van der Waals surface area contributed by atoms with E-state index in [2.05, 4.69) is 10.4 Å². The number of piperidine rings is 1. The fourth-order valence-electron chi connectivity index (χ4n) is 3.47. The molecule has 1 N–H and O–H groups in total. The van der Waals surface area contributed by atoms with Crippen molar-refractivity contribution in [3.8, 4) is 5.69 Å². The second-order valence-corrected chi connectivity index (χ2v) is 7.12. The average molecular weight is 397 g/mol. The zero-order valence-corrected chi connectivity index (χ0v) is 17.0. The molecule has 1 aromatic carbocycles. The Morgan fingerprint density at radius 1 is 1.31 bits per heavy atom. The standard InChI is InChI=1S/C19H25ClN4O.ClH/c1-13-18(11-19(25)23-10-4-5-16(12-23)21-3)14(2)24(22-13)17-8-6-15(20)7-9-17;/h6-9,16,21H,4-5,10-12H2,1-3H3;1H. The van der Waals surface area contributed by atoms with Crippen LogP contribution >= 0.6 is 24.0 Å². The summed E-state index contributed by atoms with van der Waals surface area (Å²) in [5.74, 6) is 0.182. The highest BCUT2D eigenvalue weighted by Gasteiger charge is 2.24. The number of likely N-dealkylation sites (tertiary alicyclic amines) is 1. The SMILES string of the molecule is CNC1CCCN(C(=O)Cc2c(C)nn(-c3ccc(Cl)cc3)c2C)C1.Cl. The Kier molecular flexibility index (Phi) is 7.09. The normalized spacial score (nSPS) is 17.1. The highest BCUT2D eigenvalue weighted by molar-refractivity contribution is 6.30. The van der Waals surface area contributed by atoms with E-state index < -0.39 is 0 Å². The van der Waals surface area contributed by atoms with E-state index in [1.807, 2.05) is 54.7 Å².